The van der Waals surface area contributed by atoms with Crippen molar-refractivity contribution in [1.82, 2.24) is 14.8 Å². The summed E-state index contributed by atoms with van der Waals surface area (Å²) in [5.41, 5.74) is 1.94. The van der Waals surface area contributed by atoms with E-state index >= 15 is 0 Å². The molecule has 1 amide bonds. The van der Waals surface area contributed by atoms with Crippen molar-refractivity contribution in [2.45, 2.75) is 44.7 Å². The summed E-state index contributed by atoms with van der Waals surface area (Å²) >= 11 is 1.48. The molecule has 4 rings (SSSR count). The number of nitrogens with zero attached hydrogens (tertiary/aromatic N) is 3. The Labute approximate surface area is 157 Å². The van der Waals surface area contributed by atoms with Crippen LogP contribution in [0.5, 0.6) is 0 Å². The van der Waals surface area contributed by atoms with Gasteiger partial charge in [0.2, 0.25) is 0 Å². The summed E-state index contributed by atoms with van der Waals surface area (Å²) < 4.78 is 13.4. The van der Waals surface area contributed by atoms with Crippen LogP contribution in [0.4, 0.5) is 4.39 Å². The second-order valence-corrected chi connectivity index (χ2v) is 8.65. The molecular formula is C20H24FN3OS. The fraction of sp³-hybridized carbons (Fsp3) is 0.500. The number of piperidine rings is 1. The monoisotopic (exact) mass is 373 g/mol. The lowest BCUT2D eigenvalue weighted by atomic mass is 9.86. The summed E-state index contributed by atoms with van der Waals surface area (Å²) in [6.45, 7) is 5.58. The quantitative estimate of drug-likeness (QED) is 0.807. The number of rotatable bonds is 2. The lowest BCUT2D eigenvalue weighted by molar-refractivity contribution is 0.0633. The largest absolute Gasteiger partial charge is 0.333 e. The summed E-state index contributed by atoms with van der Waals surface area (Å²) in [7, 11) is 2.14. The number of aromatic nitrogens is 1. The zero-order chi connectivity index (χ0) is 18.4. The smallest absolute Gasteiger partial charge is 0.266 e. The topological polar surface area (TPSA) is 36.4 Å². The molecule has 26 heavy (non-hydrogen) atoms. The first-order chi connectivity index (χ1) is 12.5. The number of halogens is 1. The molecule has 0 saturated carbocycles. The van der Waals surface area contributed by atoms with Crippen molar-refractivity contribution in [3.63, 3.8) is 0 Å². The van der Waals surface area contributed by atoms with Gasteiger partial charge >= 0.3 is 0 Å². The highest BCUT2D eigenvalue weighted by atomic mass is 32.1. The minimum Gasteiger partial charge on any atom is -0.333 e. The Kier molecular flexibility index (Phi) is 4.57. The number of thiazole rings is 1. The van der Waals surface area contributed by atoms with E-state index in [0.29, 0.717) is 6.54 Å². The molecule has 2 fully saturated rings. The minimum atomic E-state index is -0.219. The van der Waals surface area contributed by atoms with E-state index in [4.69, 9.17) is 0 Å². The van der Waals surface area contributed by atoms with E-state index in [1.165, 1.54) is 23.5 Å². The standard InChI is InChI=1S/C20H24FN3OS/c1-12-19(26-13(2)22-12)20(25)24-11-16(14-6-8-15(21)9-7-14)18-17(24)5-4-10-23(18)3/h6-9,16-18H,4-5,10-11H2,1-3H3/t16-,17-,18-/m1/s1. The van der Waals surface area contributed by atoms with E-state index in [-0.39, 0.29) is 29.7 Å². The van der Waals surface area contributed by atoms with Gasteiger partial charge in [-0.1, -0.05) is 12.1 Å². The average molecular weight is 373 g/mol. The van der Waals surface area contributed by atoms with Crippen LogP contribution in [-0.4, -0.2) is 52.9 Å². The Hall–Kier alpha value is -1.79. The van der Waals surface area contributed by atoms with Crippen LogP contribution >= 0.6 is 11.3 Å². The summed E-state index contributed by atoms with van der Waals surface area (Å²) in [6.07, 6.45) is 2.12. The summed E-state index contributed by atoms with van der Waals surface area (Å²) in [5, 5.41) is 0.928. The van der Waals surface area contributed by atoms with Crippen molar-refractivity contribution in [2.24, 2.45) is 0 Å². The third kappa shape index (κ3) is 2.95. The molecule has 3 atom stereocenters. The maximum Gasteiger partial charge on any atom is 0.266 e. The molecule has 4 nitrogen and oxygen atoms in total. The molecule has 1 aromatic heterocycles. The SMILES string of the molecule is Cc1nc(C)c(C(=O)N2C[C@H](c3ccc(F)cc3)[C@@H]3[C@H]2CCCN3C)s1. The van der Waals surface area contributed by atoms with Crippen LogP contribution in [0.3, 0.4) is 0 Å². The van der Waals surface area contributed by atoms with Gasteiger partial charge in [0.15, 0.2) is 0 Å². The van der Waals surface area contributed by atoms with Crippen LogP contribution < -0.4 is 0 Å². The van der Waals surface area contributed by atoms with Crippen LogP contribution in [-0.2, 0) is 0 Å². The summed E-state index contributed by atoms with van der Waals surface area (Å²) in [6, 6.07) is 7.28. The molecule has 2 saturated heterocycles. The molecular weight excluding hydrogens is 349 g/mol. The van der Waals surface area contributed by atoms with Crippen LogP contribution in [0, 0.1) is 19.7 Å². The number of hydrogen-bond acceptors (Lipinski definition) is 4. The number of carbonyl (C=O) groups excluding carboxylic acids is 1. The van der Waals surface area contributed by atoms with E-state index < -0.39 is 0 Å². The number of aryl methyl sites for hydroxylation is 2. The first kappa shape index (κ1) is 17.6. The highest BCUT2D eigenvalue weighted by Crippen LogP contribution is 2.40. The second-order valence-electron chi connectivity index (χ2n) is 7.44. The summed E-state index contributed by atoms with van der Waals surface area (Å²) in [4.78, 5) is 22.9. The zero-order valence-electron chi connectivity index (χ0n) is 15.4. The maximum atomic E-state index is 13.4. The fourth-order valence-corrected chi connectivity index (χ4v) is 5.52. The molecule has 138 valence electrons. The second kappa shape index (κ2) is 6.74. The van der Waals surface area contributed by atoms with Crippen molar-refractivity contribution >= 4 is 17.2 Å². The maximum absolute atomic E-state index is 13.4. The van der Waals surface area contributed by atoms with E-state index in [0.717, 1.165) is 40.5 Å². The van der Waals surface area contributed by atoms with Gasteiger partial charge in [0.25, 0.3) is 5.91 Å². The molecule has 2 aromatic rings. The number of fused-ring (bicyclic) bond motifs is 1. The van der Waals surface area contributed by atoms with Crippen LogP contribution in [0.25, 0.3) is 0 Å². The first-order valence-corrected chi connectivity index (χ1v) is 9.98. The molecule has 0 N–H and O–H groups in total. The fourth-order valence-electron chi connectivity index (χ4n) is 4.64. The predicted molar refractivity (Wildman–Crippen MR) is 101 cm³/mol. The van der Waals surface area contributed by atoms with Crippen molar-refractivity contribution < 1.29 is 9.18 Å². The van der Waals surface area contributed by atoms with E-state index in [1.54, 1.807) is 0 Å². The van der Waals surface area contributed by atoms with Crippen LogP contribution in [0.1, 0.15) is 44.7 Å². The van der Waals surface area contributed by atoms with Gasteiger partial charge in [0, 0.05) is 24.5 Å². The van der Waals surface area contributed by atoms with Gasteiger partial charge in [0.1, 0.15) is 10.7 Å². The highest BCUT2D eigenvalue weighted by molar-refractivity contribution is 7.13. The number of benzene rings is 1. The number of likely N-dealkylation sites (tertiary alicyclic amines) is 2. The molecule has 3 heterocycles. The predicted octanol–water partition coefficient (Wildman–Crippen LogP) is 3.60. The molecule has 0 spiro atoms. The van der Waals surface area contributed by atoms with Crippen LogP contribution in [0.2, 0.25) is 0 Å². The van der Waals surface area contributed by atoms with Gasteiger partial charge < -0.3 is 9.80 Å². The Morgan fingerprint density at radius 3 is 2.65 bits per heavy atom. The lowest BCUT2D eigenvalue weighted by Gasteiger charge is -2.39. The van der Waals surface area contributed by atoms with Crippen molar-refractivity contribution in [1.29, 1.82) is 0 Å². The van der Waals surface area contributed by atoms with Crippen LogP contribution in [0.15, 0.2) is 24.3 Å². The van der Waals surface area contributed by atoms with Crippen molar-refractivity contribution in [3.05, 3.63) is 51.2 Å². The highest BCUT2D eigenvalue weighted by Gasteiger charge is 2.48. The third-order valence-corrected chi connectivity index (χ3v) is 6.84. The Morgan fingerprint density at radius 1 is 1.27 bits per heavy atom. The molecule has 6 heteroatoms. The van der Waals surface area contributed by atoms with Gasteiger partial charge in [0.05, 0.1) is 10.7 Å². The van der Waals surface area contributed by atoms with Gasteiger partial charge in [-0.2, -0.15) is 0 Å². The lowest BCUT2D eigenvalue weighted by Crippen LogP contribution is -2.50. The molecule has 2 aliphatic rings. The molecule has 0 bridgehead atoms. The molecule has 0 radical (unpaired) electrons. The van der Waals surface area contributed by atoms with E-state index in [9.17, 15) is 9.18 Å². The number of amides is 1. The van der Waals surface area contributed by atoms with Gasteiger partial charge in [-0.3, -0.25) is 4.79 Å². The minimum absolute atomic E-state index is 0.100. The summed E-state index contributed by atoms with van der Waals surface area (Å²) in [5.74, 6) is 0.0937. The Bertz CT molecular complexity index is 819. The average Bonchev–Trinajstić information content (AvgIpc) is 3.16. The van der Waals surface area contributed by atoms with E-state index in [2.05, 4.69) is 16.9 Å². The number of hydrogen-bond donors (Lipinski definition) is 0. The van der Waals surface area contributed by atoms with Gasteiger partial charge in [-0.05, 0) is 58.0 Å². The van der Waals surface area contributed by atoms with Gasteiger partial charge in [-0.25, -0.2) is 9.37 Å². The number of carbonyl (C=O) groups is 1. The van der Waals surface area contributed by atoms with Crippen molar-refractivity contribution in [3.8, 4) is 0 Å². The molecule has 2 aliphatic heterocycles. The first-order valence-electron chi connectivity index (χ1n) is 9.16. The number of likely N-dealkylation sites (N-methyl/N-ethyl adjacent to an activating group) is 1. The molecule has 1 aromatic carbocycles. The Morgan fingerprint density at radius 2 is 2.00 bits per heavy atom. The normalized spacial score (nSPS) is 26.2. The van der Waals surface area contributed by atoms with Crippen molar-refractivity contribution in [2.75, 3.05) is 20.1 Å². The Balaban J connectivity index is 1.69. The van der Waals surface area contributed by atoms with E-state index in [1.807, 2.05) is 30.9 Å². The van der Waals surface area contributed by atoms with Gasteiger partial charge in [-0.15, -0.1) is 11.3 Å². The third-order valence-electron chi connectivity index (χ3n) is 5.78. The molecule has 0 unspecified atom stereocenters. The zero-order valence-corrected chi connectivity index (χ0v) is 16.2. The molecule has 0 aliphatic carbocycles.